The number of hydrogen-bond donors (Lipinski definition) is 6. The summed E-state index contributed by atoms with van der Waals surface area (Å²) in [5.74, 6) is -4.40. The van der Waals surface area contributed by atoms with E-state index in [1.54, 1.807) is 0 Å². The minimum absolute atomic E-state index is 0.603. The Morgan fingerprint density at radius 3 is 2.05 bits per heavy atom. The highest BCUT2D eigenvalue weighted by molar-refractivity contribution is 5.92. The SMILES string of the molecule is CC(NC(=O)C(N)CC(=O)O)C(=O)NC(CO)C(=O)O. The van der Waals surface area contributed by atoms with Gasteiger partial charge >= 0.3 is 11.9 Å². The van der Waals surface area contributed by atoms with Crippen LogP contribution >= 0.6 is 0 Å². The molecule has 0 radical (unpaired) electrons. The maximum absolute atomic E-state index is 11.5. The number of nitrogens with one attached hydrogen (secondary N) is 2. The van der Waals surface area contributed by atoms with Gasteiger partial charge in [-0.05, 0) is 6.92 Å². The lowest BCUT2D eigenvalue weighted by Crippen LogP contribution is -2.54. The van der Waals surface area contributed by atoms with Gasteiger partial charge in [-0.15, -0.1) is 0 Å². The molecule has 0 heterocycles. The van der Waals surface area contributed by atoms with Gasteiger partial charge in [0.15, 0.2) is 0 Å². The summed E-state index contributed by atoms with van der Waals surface area (Å²) in [7, 11) is 0. The number of carboxylic acid groups (broad SMARTS) is 2. The lowest BCUT2D eigenvalue weighted by atomic mass is 10.2. The van der Waals surface area contributed by atoms with Gasteiger partial charge in [-0.2, -0.15) is 0 Å². The van der Waals surface area contributed by atoms with Crippen molar-refractivity contribution in [1.82, 2.24) is 10.6 Å². The van der Waals surface area contributed by atoms with Crippen LogP contribution in [0.4, 0.5) is 0 Å². The average Bonchev–Trinajstić information content (AvgIpc) is 2.33. The lowest BCUT2D eigenvalue weighted by molar-refractivity contribution is -0.143. The number of hydrogen-bond acceptors (Lipinski definition) is 6. The summed E-state index contributed by atoms with van der Waals surface area (Å²) in [4.78, 5) is 43.9. The zero-order valence-corrected chi connectivity index (χ0v) is 10.7. The van der Waals surface area contributed by atoms with E-state index in [1.165, 1.54) is 6.92 Å². The highest BCUT2D eigenvalue weighted by atomic mass is 16.4. The summed E-state index contributed by atoms with van der Waals surface area (Å²) in [6.07, 6.45) is -0.603. The second-order valence-corrected chi connectivity index (χ2v) is 4.02. The summed E-state index contributed by atoms with van der Waals surface area (Å²) in [5, 5.41) is 29.9. The molecule has 0 saturated carbocycles. The summed E-state index contributed by atoms with van der Waals surface area (Å²) in [6.45, 7) is 0.456. The smallest absolute Gasteiger partial charge is 0.328 e. The average molecular weight is 291 g/mol. The van der Waals surface area contributed by atoms with Gasteiger partial charge in [-0.25, -0.2) is 4.79 Å². The van der Waals surface area contributed by atoms with E-state index in [1.807, 2.05) is 5.32 Å². The normalized spacial score (nSPS) is 14.8. The minimum atomic E-state index is -1.49. The highest BCUT2D eigenvalue weighted by Gasteiger charge is 2.25. The molecule has 7 N–H and O–H groups in total. The monoisotopic (exact) mass is 291 g/mol. The maximum Gasteiger partial charge on any atom is 0.328 e. The van der Waals surface area contributed by atoms with Gasteiger partial charge in [0.05, 0.1) is 19.1 Å². The molecule has 114 valence electrons. The van der Waals surface area contributed by atoms with E-state index in [0.717, 1.165) is 0 Å². The van der Waals surface area contributed by atoms with Crippen LogP contribution in [0.1, 0.15) is 13.3 Å². The van der Waals surface area contributed by atoms with E-state index in [0.29, 0.717) is 0 Å². The molecule has 0 aliphatic heterocycles. The Bertz CT molecular complexity index is 398. The number of carbonyl (C=O) groups excluding carboxylic acids is 2. The Morgan fingerprint density at radius 2 is 1.65 bits per heavy atom. The minimum Gasteiger partial charge on any atom is -0.481 e. The molecule has 2 amide bonds. The van der Waals surface area contributed by atoms with Crippen LogP contribution in [0.25, 0.3) is 0 Å². The number of amides is 2. The first-order valence-corrected chi connectivity index (χ1v) is 5.60. The van der Waals surface area contributed by atoms with Gasteiger partial charge in [0.2, 0.25) is 11.8 Å². The predicted octanol–water partition coefficient (Wildman–Crippen LogP) is -3.15. The Balaban J connectivity index is 4.42. The van der Waals surface area contributed by atoms with E-state index in [9.17, 15) is 19.2 Å². The second kappa shape index (κ2) is 8.07. The van der Waals surface area contributed by atoms with Crippen LogP contribution in [0.3, 0.4) is 0 Å². The molecule has 0 spiro atoms. The van der Waals surface area contributed by atoms with Crippen LogP contribution in [0, 0.1) is 0 Å². The van der Waals surface area contributed by atoms with Gasteiger partial charge < -0.3 is 31.7 Å². The van der Waals surface area contributed by atoms with Crippen LogP contribution in [-0.4, -0.2) is 63.8 Å². The first-order chi connectivity index (χ1) is 9.18. The van der Waals surface area contributed by atoms with Gasteiger partial charge in [0.25, 0.3) is 0 Å². The first kappa shape index (κ1) is 17.8. The van der Waals surface area contributed by atoms with Crippen molar-refractivity contribution in [3.05, 3.63) is 0 Å². The highest BCUT2D eigenvalue weighted by Crippen LogP contribution is 1.92. The molecule has 10 nitrogen and oxygen atoms in total. The number of nitrogens with two attached hydrogens (primary N) is 1. The van der Waals surface area contributed by atoms with E-state index >= 15 is 0 Å². The molecule has 0 aromatic rings. The Morgan fingerprint density at radius 1 is 1.10 bits per heavy atom. The summed E-state index contributed by atoms with van der Waals surface area (Å²) >= 11 is 0. The molecule has 3 atom stereocenters. The predicted molar refractivity (Wildman–Crippen MR) is 64.5 cm³/mol. The number of aliphatic carboxylic acids is 2. The summed E-state index contributed by atoms with van der Waals surface area (Å²) < 4.78 is 0. The van der Waals surface area contributed by atoms with Crippen molar-refractivity contribution >= 4 is 23.8 Å². The maximum atomic E-state index is 11.5. The van der Waals surface area contributed by atoms with Gasteiger partial charge in [0.1, 0.15) is 12.1 Å². The molecule has 0 aromatic heterocycles. The molecule has 0 fully saturated rings. The van der Waals surface area contributed by atoms with Gasteiger partial charge in [0, 0.05) is 0 Å². The van der Waals surface area contributed by atoms with Crippen molar-refractivity contribution in [2.24, 2.45) is 5.73 Å². The van der Waals surface area contributed by atoms with Crippen LogP contribution in [0.15, 0.2) is 0 Å². The number of aliphatic hydroxyl groups excluding tert-OH is 1. The lowest BCUT2D eigenvalue weighted by Gasteiger charge is -2.18. The van der Waals surface area contributed by atoms with E-state index in [4.69, 9.17) is 21.1 Å². The zero-order valence-electron chi connectivity index (χ0n) is 10.7. The number of aliphatic hydroxyl groups is 1. The fourth-order valence-corrected chi connectivity index (χ4v) is 1.15. The van der Waals surface area contributed by atoms with Crippen LogP contribution in [0.2, 0.25) is 0 Å². The molecule has 0 bridgehead atoms. The third-order valence-electron chi connectivity index (χ3n) is 2.28. The fraction of sp³-hybridized carbons (Fsp3) is 0.600. The van der Waals surface area contributed by atoms with Crippen molar-refractivity contribution in [3.63, 3.8) is 0 Å². The van der Waals surface area contributed by atoms with E-state index in [2.05, 4.69) is 5.32 Å². The molecular formula is C10H17N3O7. The molecule has 20 heavy (non-hydrogen) atoms. The number of rotatable bonds is 8. The van der Waals surface area contributed by atoms with E-state index in [-0.39, 0.29) is 0 Å². The largest absolute Gasteiger partial charge is 0.481 e. The third kappa shape index (κ3) is 6.11. The molecular weight excluding hydrogens is 274 g/mol. The molecule has 0 rings (SSSR count). The van der Waals surface area contributed by atoms with Gasteiger partial charge in [-0.1, -0.05) is 0 Å². The topological polar surface area (TPSA) is 179 Å². The van der Waals surface area contributed by atoms with Crippen molar-refractivity contribution in [1.29, 1.82) is 0 Å². The van der Waals surface area contributed by atoms with Crippen LogP contribution in [0.5, 0.6) is 0 Å². The van der Waals surface area contributed by atoms with Crippen LogP contribution < -0.4 is 16.4 Å². The van der Waals surface area contributed by atoms with Crippen molar-refractivity contribution in [2.45, 2.75) is 31.5 Å². The molecule has 0 saturated heterocycles. The standard InChI is InChI=1S/C10H17N3O7/c1-4(8(17)13-6(3-14)10(19)20)12-9(18)5(11)2-7(15)16/h4-6,14H,2-3,11H2,1H3,(H,12,18)(H,13,17)(H,15,16)(H,19,20). The molecule has 10 heteroatoms. The molecule has 0 aromatic carbocycles. The zero-order chi connectivity index (χ0) is 15.9. The van der Waals surface area contributed by atoms with Gasteiger partial charge in [-0.3, -0.25) is 14.4 Å². The Kier molecular flexibility index (Phi) is 7.18. The number of carbonyl (C=O) groups is 4. The van der Waals surface area contributed by atoms with Crippen molar-refractivity contribution in [3.8, 4) is 0 Å². The Hall–Kier alpha value is -2.20. The molecule has 3 unspecified atom stereocenters. The number of carboxylic acids is 2. The third-order valence-corrected chi connectivity index (χ3v) is 2.28. The van der Waals surface area contributed by atoms with Crippen LogP contribution in [-0.2, 0) is 19.2 Å². The first-order valence-electron chi connectivity index (χ1n) is 5.60. The summed E-state index contributed by atoms with van der Waals surface area (Å²) in [5.41, 5.74) is 5.28. The summed E-state index contributed by atoms with van der Waals surface area (Å²) in [6, 6.07) is -3.94. The van der Waals surface area contributed by atoms with Crippen molar-refractivity contribution in [2.75, 3.05) is 6.61 Å². The van der Waals surface area contributed by atoms with Crippen molar-refractivity contribution < 1.29 is 34.5 Å². The quantitative estimate of drug-likeness (QED) is 0.271. The Labute approximate surface area is 113 Å². The fourth-order valence-electron chi connectivity index (χ4n) is 1.15. The molecule has 0 aliphatic rings. The molecule has 0 aliphatic carbocycles. The van der Waals surface area contributed by atoms with E-state index < -0.39 is 54.9 Å². The second-order valence-electron chi connectivity index (χ2n) is 4.02.